The maximum absolute atomic E-state index is 11.7. The van der Waals surface area contributed by atoms with Gasteiger partial charge >= 0.3 is 0 Å². The van der Waals surface area contributed by atoms with Crippen LogP contribution >= 0.6 is 0 Å². The molecule has 4 heteroatoms. The molecule has 1 aromatic rings. The lowest BCUT2D eigenvalue weighted by Gasteiger charge is -2.25. The van der Waals surface area contributed by atoms with Gasteiger partial charge in [-0.25, -0.2) is 0 Å². The molecule has 0 aliphatic heterocycles. The van der Waals surface area contributed by atoms with Crippen LogP contribution in [0.15, 0.2) is 18.2 Å². The number of anilines is 1. The SMILES string of the molecule is CCNC(=O)CN(CC)c1c(C)cccc1C#N. The number of carbonyl (C=O) groups excluding carboxylic acids is 1. The average molecular weight is 245 g/mol. The summed E-state index contributed by atoms with van der Waals surface area (Å²) < 4.78 is 0. The van der Waals surface area contributed by atoms with E-state index in [1.165, 1.54) is 0 Å². The summed E-state index contributed by atoms with van der Waals surface area (Å²) in [5.41, 5.74) is 2.48. The zero-order chi connectivity index (χ0) is 13.5. The zero-order valence-electron chi connectivity index (χ0n) is 11.2. The van der Waals surface area contributed by atoms with Crippen LogP contribution < -0.4 is 10.2 Å². The third-order valence-corrected chi connectivity index (χ3v) is 2.76. The van der Waals surface area contributed by atoms with Crippen molar-refractivity contribution in [1.82, 2.24) is 5.32 Å². The van der Waals surface area contributed by atoms with Gasteiger partial charge in [0, 0.05) is 13.1 Å². The van der Waals surface area contributed by atoms with E-state index in [0.717, 1.165) is 11.3 Å². The number of nitrogens with one attached hydrogen (secondary N) is 1. The van der Waals surface area contributed by atoms with Crippen LogP contribution in [0.25, 0.3) is 0 Å². The van der Waals surface area contributed by atoms with Gasteiger partial charge in [-0.3, -0.25) is 4.79 Å². The van der Waals surface area contributed by atoms with Crippen LogP contribution in [0.1, 0.15) is 25.0 Å². The minimum Gasteiger partial charge on any atom is -0.361 e. The smallest absolute Gasteiger partial charge is 0.239 e. The molecule has 0 bridgehead atoms. The molecule has 0 atom stereocenters. The van der Waals surface area contributed by atoms with Gasteiger partial charge in [-0.15, -0.1) is 0 Å². The molecular weight excluding hydrogens is 226 g/mol. The molecule has 0 heterocycles. The number of nitrogens with zero attached hydrogens (tertiary/aromatic N) is 2. The fraction of sp³-hybridized carbons (Fsp3) is 0.429. The highest BCUT2D eigenvalue weighted by atomic mass is 16.2. The highest BCUT2D eigenvalue weighted by molar-refractivity contribution is 5.82. The normalized spacial score (nSPS) is 9.67. The Morgan fingerprint density at radius 2 is 2.17 bits per heavy atom. The molecule has 0 unspecified atom stereocenters. The van der Waals surface area contributed by atoms with Gasteiger partial charge in [0.05, 0.1) is 17.8 Å². The maximum atomic E-state index is 11.7. The van der Waals surface area contributed by atoms with Crippen LogP contribution in [-0.4, -0.2) is 25.5 Å². The van der Waals surface area contributed by atoms with Crippen molar-refractivity contribution in [2.45, 2.75) is 20.8 Å². The summed E-state index contributed by atoms with van der Waals surface area (Å²) in [6.07, 6.45) is 0. The molecule has 0 aliphatic rings. The molecule has 0 saturated heterocycles. The summed E-state index contributed by atoms with van der Waals surface area (Å²) in [5.74, 6) is -0.0218. The van der Waals surface area contributed by atoms with E-state index >= 15 is 0 Å². The van der Waals surface area contributed by atoms with E-state index < -0.39 is 0 Å². The van der Waals surface area contributed by atoms with Gasteiger partial charge in [-0.05, 0) is 32.4 Å². The lowest BCUT2D eigenvalue weighted by atomic mass is 10.1. The third kappa shape index (κ3) is 3.24. The summed E-state index contributed by atoms with van der Waals surface area (Å²) in [4.78, 5) is 13.6. The monoisotopic (exact) mass is 245 g/mol. The van der Waals surface area contributed by atoms with Crippen LogP contribution in [0.5, 0.6) is 0 Å². The molecule has 0 aliphatic carbocycles. The molecular formula is C14H19N3O. The summed E-state index contributed by atoms with van der Waals surface area (Å²) in [5, 5.41) is 11.9. The maximum Gasteiger partial charge on any atom is 0.239 e. The molecule has 0 aromatic heterocycles. The number of likely N-dealkylation sites (N-methyl/N-ethyl adjacent to an activating group) is 2. The number of rotatable bonds is 5. The number of para-hydroxylation sites is 1. The van der Waals surface area contributed by atoms with Gasteiger partial charge in [0.15, 0.2) is 0 Å². The first-order valence-electron chi connectivity index (χ1n) is 6.15. The predicted molar refractivity (Wildman–Crippen MR) is 72.5 cm³/mol. The zero-order valence-corrected chi connectivity index (χ0v) is 11.2. The van der Waals surface area contributed by atoms with E-state index in [1.807, 2.05) is 37.8 Å². The summed E-state index contributed by atoms with van der Waals surface area (Å²) >= 11 is 0. The predicted octanol–water partition coefficient (Wildman–Crippen LogP) is 1.83. The van der Waals surface area contributed by atoms with Gasteiger partial charge in [-0.1, -0.05) is 12.1 Å². The molecule has 0 spiro atoms. The van der Waals surface area contributed by atoms with E-state index in [2.05, 4.69) is 11.4 Å². The second-order valence-electron chi connectivity index (χ2n) is 4.05. The Bertz CT molecular complexity index is 463. The molecule has 1 N–H and O–H groups in total. The number of hydrogen-bond donors (Lipinski definition) is 1. The Labute approximate surface area is 108 Å². The van der Waals surface area contributed by atoms with Crippen molar-refractivity contribution in [2.75, 3.05) is 24.5 Å². The van der Waals surface area contributed by atoms with Crippen molar-refractivity contribution in [3.05, 3.63) is 29.3 Å². The molecule has 0 fully saturated rings. The van der Waals surface area contributed by atoms with Crippen LogP contribution in [0, 0.1) is 18.3 Å². The minimum atomic E-state index is -0.0218. The summed E-state index contributed by atoms with van der Waals surface area (Å²) in [6.45, 7) is 7.42. The quantitative estimate of drug-likeness (QED) is 0.861. The number of carbonyl (C=O) groups is 1. The number of amides is 1. The van der Waals surface area contributed by atoms with Gasteiger partial charge in [0.25, 0.3) is 0 Å². The van der Waals surface area contributed by atoms with Gasteiger partial charge in [-0.2, -0.15) is 5.26 Å². The van der Waals surface area contributed by atoms with E-state index in [1.54, 1.807) is 6.07 Å². The number of aryl methyl sites for hydroxylation is 1. The van der Waals surface area contributed by atoms with Crippen LogP contribution in [0.3, 0.4) is 0 Å². The molecule has 1 rings (SSSR count). The Kier molecular flexibility index (Phi) is 5.19. The third-order valence-electron chi connectivity index (χ3n) is 2.76. The molecule has 4 nitrogen and oxygen atoms in total. The molecule has 96 valence electrons. The second kappa shape index (κ2) is 6.65. The topological polar surface area (TPSA) is 56.1 Å². The van der Waals surface area contributed by atoms with Crippen LogP contribution in [0.4, 0.5) is 5.69 Å². The molecule has 18 heavy (non-hydrogen) atoms. The van der Waals surface area contributed by atoms with E-state index in [4.69, 9.17) is 5.26 Å². The van der Waals surface area contributed by atoms with E-state index in [-0.39, 0.29) is 12.5 Å². The Hall–Kier alpha value is -2.02. The highest BCUT2D eigenvalue weighted by Gasteiger charge is 2.15. The van der Waals surface area contributed by atoms with Gasteiger partial charge in [0.1, 0.15) is 6.07 Å². The lowest BCUT2D eigenvalue weighted by Crippen LogP contribution is -2.37. The number of nitriles is 1. The van der Waals surface area contributed by atoms with Gasteiger partial charge in [0.2, 0.25) is 5.91 Å². The van der Waals surface area contributed by atoms with Crippen molar-refractivity contribution in [3.8, 4) is 6.07 Å². The van der Waals surface area contributed by atoms with E-state index in [9.17, 15) is 4.79 Å². The van der Waals surface area contributed by atoms with E-state index in [0.29, 0.717) is 18.7 Å². The van der Waals surface area contributed by atoms with Crippen molar-refractivity contribution in [1.29, 1.82) is 5.26 Å². The number of benzene rings is 1. The van der Waals surface area contributed by atoms with Crippen molar-refractivity contribution in [2.24, 2.45) is 0 Å². The standard InChI is InChI=1S/C14H19N3O/c1-4-16-13(18)10-17(5-2)14-11(3)7-6-8-12(14)9-15/h6-8H,4-5,10H2,1-3H3,(H,16,18). The highest BCUT2D eigenvalue weighted by Crippen LogP contribution is 2.24. The lowest BCUT2D eigenvalue weighted by molar-refractivity contribution is -0.119. The molecule has 0 saturated carbocycles. The Morgan fingerprint density at radius 3 is 2.72 bits per heavy atom. The van der Waals surface area contributed by atoms with Crippen LogP contribution in [-0.2, 0) is 4.79 Å². The fourth-order valence-corrected chi connectivity index (χ4v) is 1.94. The van der Waals surface area contributed by atoms with Crippen LogP contribution in [0.2, 0.25) is 0 Å². The van der Waals surface area contributed by atoms with Gasteiger partial charge < -0.3 is 10.2 Å². The second-order valence-corrected chi connectivity index (χ2v) is 4.05. The molecule has 1 amide bonds. The van der Waals surface area contributed by atoms with Crippen molar-refractivity contribution in [3.63, 3.8) is 0 Å². The largest absolute Gasteiger partial charge is 0.361 e. The van der Waals surface area contributed by atoms with Crippen molar-refractivity contribution >= 4 is 11.6 Å². The summed E-state index contributed by atoms with van der Waals surface area (Å²) in [6, 6.07) is 7.78. The number of hydrogen-bond acceptors (Lipinski definition) is 3. The first kappa shape index (κ1) is 14.0. The van der Waals surface area contributed by atoms with Crippen molar-refractivity contribution < 1.29 is 4.79 Å². The minimum absolute atomic E-state index is 0.0218. The summed E-state index contributed by atoms with van der Waals surface area (Å²) in [7, 11) is 0. The first-order chi connectivity index (χ1) is 8.63. The average Bonchev–Trinajstić information content (AvgIpc) is 2.36. The Morgan fingerprint density at radius 1 is 1.44 bits per heavy atom. The fourth-order valence-electron chi connectivity index (χ4n) is 1.94. The molecule has 0 radical (unpaired) electrons. The molecule has 1 aromatic carbocycles. The Balaban J connectivity index is 3.02. The first-order valence-corrected chi connectivity index (χ1v) is 6.15.